The number of benzene rings is 2. The van der Waals surface area contributed by atoms with Crippen LogP contribution in [0.4, 0.5) is 10.1 Å². The van der Waals surface area contributed by atoms with Crippen LogP contribution in [0.2, 0.25) is 5.15 Å². The van der Waals surface area contributed by atoms with Crippen LogP contribution in [0.15, 0.2) is 54.6 Å². The zero-order valence-corrected chi connectivity index (χ0v) is 18.1. The Kier molecular flexibility index (Phi) is 6.53. The number of nitrogens with one attached hydrogen (secondary N) is 1. The molecular weight excluding hydrogens is 417 g/mol. The largest absolute Gasteiger partial charge is 0.369 e. The fourth-order valence-electron chi connectivity index (χ4n) is 3.79. The number of rotatable bonds is 6. The first-order valence-corrected chi connectivity index (χ1v) is 10.7. The molecule has 1 saturated heterocycles. The van der Waals surface area contributed by atoms with E-state index in [1.54, 1.807) is 19.1 Å². The molecule has 2 heterocycles. The number of para-hydroxylation sites is 1. The van der Waals surface area contributed by atoms with Crippen LogP contribution in [0.3, 0.4) is 0 Å². The van der Waals surface area contributed by atoms with Crippen molar-refractivity contribution in [3.05, 3.63) is 76.8 Å². The quantitative estimate of drug-likeness (QED) is 0.636. The molecule has 1 N–H and O–H groups in total. The highest BCUT2D eigenvalue weighted by Gasteiger charge is 2.22. The topological polar surface area (TPSA) is 53.4 Å². The van der Waals surface area contributed by atoms with Crippen LogP contribution in [-0.2, 0) is 0 Å². The van der Waals surface area contributed by atoms with Gasteiger partial charge in [0, 0.05) is 45.0 Å². The van der Waals surface area contributed by atoms with Crippen LogP contribution in [0.1, 0.15) is 16.1 Å². The molecular formula is C23H25ClFN5O. The van der Waals surface area contributed by atoms with E-state index < -0.39 is 0 Å². The number of piperazine rings is 1. The van der Waals surface area contributed by atoms with Crippen molar-refractivity contribution in [3.63, 3.8) is 0 Å². The van der Waals surface area contributed by atoms with E-state index in [-0.39, 0.29) is 16.9 Å². The van der Waals surface area contributed by atoms with E-state index in [4.69, 9.17) is 11.6 Å². The molecule has 0 atom stereocenters. The lowest BCUT2D eigenvalue weighted by Gasteiger charge is -2.36. The normalized spacial score (nSPS) is 14.6. The zero-order valence-electron chi connectivity index (χ0n) is 17.4. The minimum absolute atomic E-state index is 0.220. The maximum Gasteiger partial charge on any atom is 0.256 e. The first kappa shape index (κ1) is 21.3. The standard InChI is InChI=1S/C23H25ClFN5O/c1-17-21(22(24)30(27-17)20-9-7-18(25)8-10-20)23(31)26-11-12-28-13-15-29(16-14-28)19-5-3-2-4-6-19/h2-10H,11-16H2,1H3,(H,26,31). The Hall–Kier alpha value is -2.90. The lowest BCUT2D eigenvalue weighted by atomic mass is 10.2. The summed E-state index contributed by atoms with van der Waals surface area (Å²) in [5.74, 6) is -0.592. The van der Waals surface area contributed by atoms with E-state index in [9.17, 15) is 9.18 Å². The van der Waals surface area contributed by atoms with E-state index in [2.05, 4.69) is 44.5 Å². The lowest BCUT2D eigenvalue weighted by Crippen LogP contribution is -2.48. The van der Waals surface area contributed by atoms with Crippen molar-refractivity contribution in [2.75, 3.05) is 44.2 Å². The van der Waals surface area contributed by atoms with Crippen molar-refractivity contribution in [3.8, 4) is 5.69 Å². The second kappa shape index (κ2) is 9.49. The summed E-state index contributed by atoms with van der Waals surface area (Å²) < 4.78 is 14.6. The molecule has 4 rings (SSSR count). The third kappa shape index (κ3) is 4.89. The second-order valence-corrected chi connectivity index (χ2v) is 7.92. The fourth-order valence-corrected chi connectivity index (χ4v) is 4.15. The molecule has 0 radical (unpaired) electrons. The molecule has 0 saturated carbocycles. The van der Waals surface area contributed by atoms with E-state index in [1.165, 1.54) is 22.5 Å². The average Bonchev–Trinajstić information content (AvgIpc) is 3.09. The molecule has 8 heteroatoms. The average molecular weight is 442 g/mol. The van der Waals surface area contributed by atoms with E-state index in [0.29, 0.717) is 23.5 Å². The summed E-state index contributed by atoms with van der Waals surface area (Å²) in [5.41, 5.74) is 2.73. The molecule has 3 aromatic rings. The monoisotopic (exact) mass is 441 g/mol. The number of aryl methyl sites for hydroxylation is 1. The minimum atomic E-state index is -0.341. The van der Waals surface area contributed by atoms with Gasteiger partial charge in [0.2, 0.25) is 0 Å². The van der Waals surface area contributed by atoms with Crippen LogP contribution in [0.5, 0.6) is 0 Å². The van der Waals surface area contributed by atoms with Gasteiger partial charge in [-0.3, -0.25) is 9.69 Å². The van der Waals surface area contributed by atoms with Crippen LogP contribution >= 0.6 is 11.6 Å². The van der Waals surface area contributed by atoms with Gasteiger partial charge in [0.1, 0.15) is 11.0 Å². The third-order valence-corrected chi connectivity index (χ3v) is 5.86. The Bertz CT molecular complexity index is 1030. The Balaban J connectivity index is 1.30. The van der Waals surface area contributed by atoms with Crippen molar-refractivity contribution < 1.29 is 9.18 Å². The van der Waals surface area contributed by atoms with Crippen LogP contribution < -0.4 is 10.2 Å². The summed E-state index contributed by atoms with van der Waals surface area (Å²) in [5, 5.41) is 7.52. The van der Waals surface area contributed by atoms with Gasteiger partial charge in [-0.05, 0) is 43.3 Å². The number of nitrogens with zero attached hydrogens (tertiary/aromatic N) is 4. The minimum Gasteiger partial charge on any atom is -0.369 e. The summed E-state index contributed by atoms with van der Waals surface area (Å²) >= 11 is 6.43. The molecule has 0 spiro atoms. The van der Waals surface area contributed by atoms with Crippen molar-refractivity contribution in [2.45, 2.75) is 6.92 Å². The molecule has 6 nitrogen and oxygen atoms in total. The molecule has 0 bridgehead atoms. The predicted molar refractivity (Wildman–Crippen MR) is 121 cm³/mol. The Morgan fingerprint density at radius 1 is 1.03 bits per heavy atom. The van der Waals surface area contributed by atoms with Gasteiger partial charge in [0.25, 0.3) is 5.91 Å². The highest BCUT2D eigenvalue weighted by atomic mass is 35.5. The SMILES string of the molecule is Cc1nn(-c2ccc(F)cc2)c(Cl)c1C(=O)NCCN1CCN(c2ccccc2)CC1. The molecule has 2 aromatic carbocycles. The second-order valence-electron chi connectivity index (χ2n) is 7.56. The molecule has 1 fully saturated rings. The molecule has 1 aliphatic rings. The summed E-state index contributed by atoms with van der Waals surface area (Å²) in [6, 6.07) is 16.2. The molecule has 162 valence electrons. The van der Waals surface area contributed by atoms with E-state index >= 15 is 0 Å². The van der Waals surface area contributed by atoms with Gasteiger partial charge in [-0.1, -0.05) is 29.8 Å². The maximum atomic E-state index is 13.2. The van der Waals surface area contributed by atoms with Gasteiger partial charge in [-0.25, -0.2) is 9.07 Å². The Morgan fingerprint density at radius 3 is 2.39 bits per heavy atom. The van der Waals surface area contributed by atoms with Crippen LogP contribution in [0, 0.1) is 12.7 Å². The van der Waals surface area contributed by atoms with E-state index in [1.807, 2.05) is 6.07 Å². The highest BCUT2D eigenvalue weighted by Crippen LogP contribution is 2.23. The smallest absolute Gasteiger partial charge is 0.256 e. The molecule has 0 aliphatic carbocycles. The maximum absolute atomic E-state index is 13.2. The highest BCUT2D eigenvalue weighted by molar-refractivity contribution is 6.33. The first-order chi connectivity index (χ1) is 15.0. The molecule has 0 unspecified atom stereocenters. The van der Waals surface area contributed by atoms with Gasteiger partial charge in [-0.15, -0.1) is 0 Å². The molecule has 1 aliphatic heterocycles. The van der Waals surface area contributed by atoms with Gasteiger partial charge >= 0.3 is 0 Å². The summed E-state index contributed by atoms with van der Waals surface area (Å²) in [6.07, 6.45) is 0. The fraction of sp³-hybridized carbons (Fsp3) is 0.304. The molecule has 1 aromatic heterocycles. The number of carbonyl (C=O) groups is 1. The number of amides is 1. The van der Waals surface area contributed by atoms with Crippen molar-refractivity contribution in [1.82, 2.24) is 20.0 Å². The summed E-state index contributed by atoms with van der Waals surface area (Å²) in [6.45, 7) is 6.88. The van der Waals surface area contributed by atoms with Crippen molar-refractivity contribution in [1.29, 1.82) is 0 Å². The number of hydrogen-bond donors (Lipinski definition) is 1. The number of halogens is 2. The summed E-state index contributed by atoms with van der Waals surface area (Å²) in [4.78, 5) is 17.4. The van der Waals surface area contributed by atoms with Gasteiger partial charge in [-0.2, -0.15) is 5.10 Å². The van der Waals surface area contributed by atoms with Gasteiger partial charge in [0.05, 0.1) is 16.9 Å². The number of anilines is 1. The van der Waals surface area contributed by atoms with Crippen LogP contribution in [0.25, 0.3) is 5.69 Å². The lowest BCUT2D eigenvalue weighted by molar-refractivity contribution is 0.0947. The van der Waals surface area contributed by atoms with E-state index in [0.717, 1.165) is 32.7 Å². The number of carbonyl (C=O) groups excluding carboxylic acids is 1. The molecule has 1 amide bonds. The van der Waals surface area contributed by atoms with Gasteiger partial charge < -0.3 is 10.2 Å². The first-order valence-electron chi connectivity index (χ1n) is 10.3. The zero-order chi connectivity index (χ0) is 21.8. The van der Waals surface area contributed by atoms with Gasteiger partial charge in [0.15, 0.2) is 0 Å². The van der Waals surface area contributed by atoms with Crippen molar-refractivity contribution >= 4 is 23.2 Å². The summed E-state index contributed by atoms with van der Waals surface area (Å²) in [7, 11) is 0. The number of hydrogen-bond acceptors (Lipinski definition) is 4. The molecule has 31 heavy (non-hydrogen) atoms. The van der Waals surface area contributed by atoms with Crippen molar-refractivity contribution in [2.24, 2.45) is 0 Å². The third-order valence-electron chi connectivity index (χ3n) is 5.51. The Morgan fingerprint density at radius 2 is 1.71 bits per heavy atom. The number of aromatic nitrogens is 2. The Labute approximate surface area is 186 Å². The van der Waals surface area contributed by atoms with Crippen LogP contribution in [-0.4, -0.2) is 59.9 Å². The predicted octanol–water partition coefficient (Wildman–Crippen LogP) is 3.53.